The maximum atomic E-state index is 12.1. The van der Waals surface area contributed by atoms with Gasteiger partial charge in [-0.3, -0.25) is 0 Å². The molecule has 0 aromatic heterocycles. The van der Waals surface area contributed by atoms with Crippen molar-refractivity contribution in [2.45, 2.75) is 32.2 Å². The Hall–Kier alpha value is -2.22. The zero-order valence-electron chi connectivity index (χ0n) is 11.6. The number of para-hydroxylation sites is 1. The predicted molar refractivity (Wildman–Crippen MR) is 77.4 cm³/mol. The molecule has 0 spiro atoms. The number of benzene rings is 1. The van der Waals surface area contributed by atoms with Gasteiger partial charge in [0.05, 0.1) is 36.0 Å². The van der Waals surface area contributed by atoms with Crippen LogP contribution in [0.4, 0.5) is 11.4 Å². The van der Waals surface area contributed by atoms with Crippen molar-refractivity contribution in [2.24, 2.45) is 0 Å². The van der Waals surface area contributed by atoms with Crippen LogP contribution in [0.1, 0.15) is 36.5 Å². The van der Waals surface area contributed by atoms with Crippen LogP contribution in [0.25, 0.3) is 0 Å². The summed E-state index contributed by atoms with van der Waals surface area (Å²) in [7, 11) is 0. The Morgan fingerprint density at radius 1 is 1.55 bits per heavy atom. The first-order valence-corrected chi connectivity index (χ1v) is 6.88. The van der Waals surface area contributed by atoms with Crippen molar-refractivity contribution in [3.63, 3.8) is 0 Å². The molecule has 1 aliphatic carbocycles. The largest absolute Gasteiger partial charge is 0.462 e. The average molecular weight is 273 g/mol. The highest BCUT2D eigenvalue weighted by atomic mass is 16.5. The lowest BCUT2D eigenvalue weighted by Gasteiger charge is -2.27. The fraction of sp³-hybridized carbons (Fsp3) is 0.467. The standard InChI is InChI=1S/C15H19N3O2/c1-2-20-15(19)12-5-3-6-13(17)14(12)18(10-4-9-16)11-7-8-11/h3,5-6,11H,2,4,7-8,10,17H2,1H3. The van der Waals surface area contributed by atoms with Crippen LogP contribution in [0, 0.1) is 11.3 Å². The normalized spacial score (nSPS) is 13.6. The zero-order chi connectivity index (χ0) is 14.5. The molecule has 0 unspecified atom stereocenters. The molecule has 1 aromatic carbocycles. The molecule has 20 heavy (non-hydrogen) atoms. The molecule has 0 heterocycles. The molecule has 106 valence electrons. The molecule has 2 N–H and O–H groups in total. The Morgan fingerprint density at radius 2 is 2.30 bits per heavy atom. The highest BCUT2D eigenvalue weighted by Crippen LogP contribution is 2.37. The number of ether oxygens (including phenoxy) is 1. The summed E-state index contributed by atoms with van der Waals surface area (Å²) in [5.41, 5.74) is 7.81. The number of nitrogen functional groups attached to an aromatic ring is 1. The Kier molecular flexibility index (Phi) is 4.46. The Balaban J connectivity index is 2.36. The van der Waals surface area contributed by atoms with Crippen LogP contribution >= 0.6 is 0 Å². The summed E-state index contributed by atoms with van der Waals surface area (Å²) in [5.74, 6) is -0.364. The minimum absolute atomic E-state index is 0.328. The van der Waals surface area contributed by atoms with E-state index >= 15 is 0 Å². The molecule has 1 aromatic rings. The number of carbonyl (C=O) groups excluding carboxylic acids is 1. The van der Waals surface area contributed by atoms with Gasteiger partial charge in [0.25, 0.3) is 0 Å². The van der Waals surface area contributed by atoms with Crippen LogP contribution in [-0.4, -0.2) is 25.2 Å². The van der Waals surface area contributed by atoms with Crippen molar-refractivity contribution in [2.75, 3.05) is 23.8 Å². The number of nitriles is 1. The zero-order valence-corrected chi connectivity index (χ0v) is 11.6. The highest BCUT2D eigenvalue weighted by molar-refractivity contribution is 5.99. The molecule has 5 heteroatoms. The van der Waals surface area contributed by atoms with Crippen molar-refractivity contribution in [1.29, 1.82) is 5.26 Å². The van der Waals surface area contributed by atoms with Gasteiger partial charge >= 0.3 is 5.97 Å². The van der Waals surface area contributed by atoms with Crippen LogP contribution < -0.4 is 10.6 Å². The second-order valence-corrected chi connectivity index (χ2v) is 4.80. The molecule has 1 aliphatic rings. The van der Waals surface area contributed by atoms with Gasteiger partial charge in [-0.05, 0) is 31.9 Å². The van der Waals surface area contributed by atoms with Gasteiger partial charge in [-0.25, -0.2) is 4.79 Å². The number of carbonyl (C=O) groups is 1. The third-order valence-electron chi connectivity index (χ3n) is 3.30. The monoisotopic (exact) mass is 273 g/mol. The third kappa shape index (κ3) is 3.02. The lowest BCUT2D eigenvalue weighted by Crippen LogP contribution is -2.29. The molecule has 1 saturated carbocycles. The summed E-state index contributed by atoms with van der Waals surface area (Å²) >= 11 is 0. The van der Waals surface area contributed by atoms with Gasteiger partial charge in [-0.1, -0.05) is 6.07 Å². The van der Waals surface area contributed by atoms with Gasteiger partial charge in [0, 0.05) is 12.6 Å². The number of nitrogens with two attached hydrogens (primary N) is 1. The van der Waals surface area contributed by atoms with Gasteiger partial charge in [0.1, 0.15) is 0 Å². The van der Waals surface area contributed by atoms with Gasteiger partial charge in [-0.2, -0.15) is 5.26 Å². The van der Waals surface area contributed by atoms with Gasteiger partial charge in [0.2, 0.25) is 0 Å². The van der Waals surface area contributed by atoms with Crippen LogP contribution in [0.3, 0.4) is 0 Å². The minimum Gasteiger partial charge on any atom is -0.462 e. The van der Waals surface area contributed by atoms with Crippen molar-refractivity contribution >= 4 is 17.3 Å². The fourth-order valence-electron chi connectivity index (χ4n) is 2.29. The van der Waals surface area contributed by atoms with E-state index in [9.17, 15) is 4.79 Å². The van der Waals surface area contributed by atoms with E-state index in [1.165, 1.54) is 0 Å². The van der Waals surface area contributed by atoms with Gasteiger partial charge in [-0.15, -0.1) is 0 Å². The number of anilines is 2. The van der Waals surface area contributed by atoms with E-state index in [4.69, 9.17) is 15.7 Å². The van der Waals surface area contributed by atoms with E-state index in [1.807, 2.05) is 0 Å². The first-order chi connectivity index (χ1) is 9.69. The molecule has 0 bridgehead atoms. The number of esters is 1. The molecule has 0 aliphatic heterocycles. The van der Waals surface area contributed by atoms with E-state index in [0.717, 1.165) is 12.8 Å². The van der Waals surface area contributed by atoms with Crippen molar-refractivity contribution < 1.29 is 9.53 Å². The Morgan fingerprint density at radius 3 is 2.90 bits per heavy atom. The smallest absolute Gasteiger partial charge is 0.340 e. The van der Waals surface area contributed by atoms with Crippen molar-refractivity contribution in [3.8, 4) is 6.07 Å². The highest BCUT2D eigenvalue weighted by Gasteiger charge is 2.32. The summed E-state index contributed by atoms with van der Waals surface area (Å²) in [6.45, 7) is 2.69. The van der Waals surface area contributed by atoms with E-state index < -0.39 is 0 Å². The number of hydrogen-bond acceptors (Lipinski definition) is 5. The topological polar surface area (TPSA) is 79.3 Å². The third-order valence-corrected chi connectivity index (χ3v) is 3.30. The summed E-state index contributed by atoms with van der Waals surface area (Å²) < 4.78 is 5.09. The maximum absolute atomic E-state index is 12.1. The predicted octanol–water partition coefficient (Wildman–Crippen LogP) is 2.33. The molecule has 0 atom stereocenters. The molecule has 1 fully saturated rings. The van der Waals surface area contributed by atoms with E-state index in [2.05, 4.69) is 11.0 Å². The van der Waals surface area contributed by atoms with Crippen LogP contribution in [0.2, 0.25) is 0 Å². The number of rotatable bonds is 6. The molecular weight excluding hydrogens is 254 g/mol. The van der Waals surface area contributed by atoms with E-state index in [1.54, 1.807) is 25.1 Å². The van der Waals surface area contributed by atoms with Crippen LogP contribution in [0.15, 0.2) is 18.2 Å². The molecule has 5 nitrogen and oxygen atoms in total. The second-order valence-electron chi connectivity index (χ2n) is 4.80. The minimum atomic E-state index is -0.364. The summed E-state index contributed by atoms with van der Waals surface area (Å²) in [4.78, 5) is 14.1. The number of nitrogens with zero attached hydrogens (tertiary/aromatic N) is 2. The average Bonchev–Trinajstić information content (AvgIpc) is 3.25. The Bertz CT molecular complexity index is 532. The van der Waals surface area contributed by atoms with Gasteiger partial charge < -0.3 is 15.4 Å². The van der Waals surface area contributed by atoms with Crippen molar-refractivity contribution in [3.05, 3.63) is 23.8 Å². The molecular formula is C15H19N3O2. The Labute approximate surface area is 118 Å². The SMILES string of the molecule is CCOC(=O)c1cccc(N)c1N(CCC#N)C1CC1. The summed E-state index contributed by atoms with van der Waals surface area (Å²) in [5, 5.41) is 8.80. The van der Waals surface area contributed by atoms with E-state index in [-0.39, 0.29) is 5.97 Å². The summed E-state index contributed by atoms with van der Waals surface area (Å²) in [6.07, 6.45) is 2.55. The molecule has 2 rings (SSSR count). The van der Waals surface area contributed by atoms with Crippen LogP contribution in [-0.2, 0) is 4.74 Å². The van der Waals surface area contributed by atoms with E-state index in [0.29, 0.717) is 42.6 Å². The first kappa shape index (κ1) is 14.2. The number of hydrogen-bond donors (Lipinski definition) is 1. The first-order valence-electron chi connectivity index (χ1n) is 6.88. The van der Waals surface area contributed by atoms with Crippen LogP contribution in [0.5, 0.6) is 0 Å². The molecule has 0 saturated heterocycles. The lowest BCUT2D eigenvalue weighted by molar-refractivity contribution is 0.0527. The van der Waals surface area contributed by atoms with Crippen molar-refractivity contribution in [1.82, 2.24) is 0 Å². The molecule has 0 amide bonds. The maximum Gasteiger partial charge on any atom is 0.340 e. The quantitative estimate of drug-likeness (QED) is 0.635. The van der Waals surface area contributed by atoms with Gasteiger partial charge in [0.15, 0.2) is 0 Å². The fourth-order valence-corrected chi connectivity index (χ4v) is 2.29. The lowest BCUT2D eigenvalue weighted by atomic mass is 10.1. The molecule has 0 radical (unpaired) electrons. The second kappa shape index (κ2) is 6.29. The summed E-state index contributed by atoms with van der Waals surface area (Å²) in [6, 6.07) is 7.78.